The Labute approximate surface area is 155 Å². The molecule has 2 aromatic carbocycles. The van der Waals surface area contributed by atoms with Crippen LogP contribution < -0.4 is 14.4 Å². The van der Waals surface area contributed by atoms with E-state index in [1.165, 1.54) is 30.2 Å². The summed E-state index contributed by atoms with van der Waals surface area (Å²) in [5.41, 5.74) is 0.419. The number of benzene rings is 2. The molecule has 1 atom stereocenters. The van der Waals surface area contributed by atoms with Gasteiger partial charge in [0.25, 0.3) is 11.6 Å². The van der Waals surface area contributed by atoms with E-state index in [1.807, 2.05) is 0 Å². The van der Waals surface area contributed by atoms with Crippen LogP contribution in [0, 0.1) is 10.1 Å². The number of rotatable bonds is 6. The maximum absolute atomic E-state index is 12.7. The summed E-state index contributed by atoms with van der Waals surface area (Å²) in [4.78, 5) is 37.3. The van der Waals surface area contributed by atoms with E-state index in [1.54, 1.807) is 31.2 Å². The standard InChI is InChI=1S/C19H18N2O6/c1-3-17-19(23)20(11-16(22)12-5-4-6-14(9-12)26-2)15-10-13(21(24)25)7-8-18(15)27-17/h4-10,17H,3,11H2,1-2H3. The van der Waals surface area contributed by atoms with Crippen LogP contribution in [-0.2, 0) is 4.79 Å². The number of methoxy groups -OCH3 is 1. The fourth-order valence-corrected chi connectivity index (χ4v) is 2.88. The van der Waals surface area contributed by atoms with Gasteiger partial charge in [-0.15, -0.1) is 0 Å². The third-order valence-electron chi connectivity index (χ3n) is 4.32. The van der Waals surface area contributed by atoms with E-state index in [-0.39, 0.29) is 23.7 Å². The van der Waals surface area contributed by atoms with Gasteiger partial charge in [-0.2, -0.15) is 0 Å². The first-order chi connectivity index (χ1) is 12.9. The minimum absolute atomic E-state index is 0.182. The number of Topliss-reactive ketones (excluding diaryl/α,β-unsaturated/α-hetero) is 1. The van der Waals surface area contributed by atoms with E-state index < -0.39 is 16.9 Å². The van der Waals surface area contributed by atoms with Crippen molar-refractivity contribution in [3.63, 3.8) is 0 Å². The van der Waals surface area contributed by atoms with Crippen LogP contribution >= 0.6 is 0 Å². The minimum Gasteiger partial charge on any atom is -0.497 e. The first-order valence-corrected chi connectivity index (χ1v) is 8.38. The number of nitro benzene ring substituents is 1. The summed E-state index contributed by atoms with van der Waals surface area (Å²) in [5, 5.41) is 11.1. The van der Waals surface area contributed by atoms with Crippen LogP contribution in [0.5, 0.6) is 11.5 Å². The Bertz CT molecular complexity index is 911. The van der Waals surface area contributed by atoms with Crippen molar-refractivity contribution in [1.29, 1.82) is 0 Å². The lowest BCUT2D eigenvalue weighted by molar-refractivity contribution is -0.384. The van der Waals surface area contributed by atoms with Gasteiger partial charge in [0.05, 0.1) is 24.3 Å². The van der Waals surface area contributed by atoms with Crippen molar-refractivity contribution >= 4 is 23.1 Å². The van der Waals surface area contributed by atoms with Gasteiger partial charge in [0.15, 0.2) is 11.9 Å². The van der Waals surface area contributed by atoms with E-state index in [2.05, 4.69) is 0 Å². The van der Waals surface area contributed by atoms with Gasteiger partial charge in [-0.25, -0.2) is 0 Å². The molecule has 0 bridgehead atoms. The third-order valence-corrected chi connectivity index (χ3v) is 4.32. The van der Waals surface area contributed by atoms with Crippen LogP contribution in [0.2, 0.25) is 0 Å². The number of nitrogens with zero attached hydrogens (tertiary/aromatic N) is 2. The van der Waals surface area contributed by atoms with Gasteiger partial charge in [-0.1, -0.05) is 19.1 Å². The number of hydrogen-bond donors (Lipinski definition) is 0. The van der Waals surface area contributed by atoms with Gasteiger partial charge in [-0.05, 0) is 24.6 Å². The number of carbonyl (C=O) groups is 2. The van der Waals surface area contributed by atoms with Crippen LogP contribution in [0.1, 0.15) is 23.7 Å². The average Bonchev–Trinajstić information content (AvgIpc) is 2.69. The zero-order valence-electron chi connectivity index (χ0n) is 14.9. The van der Waals surface area contributed by atoms with E-state index in [0.29, 0.717) is 23.5 Å². The molecule has 1 heterocycles. The fourth-order valence-electron chi connectivity index (χ4n) is 2.88. The molecule has 1 unspecified atom stereocenters. The van der Waals surface area contributed by atoms with E-state index in [0.717, 1.165) is 0 Å². The number of amides is 1. The predicted molar refractivity (Wildman–Crippen MR) is 97.5 cm³/mol. The number of carbonyl (C=O) groups excluding carboxylic acids is 2. The molecule has 0 saturated heterocycles. The Morgan fingerprint density at radius 3 is 2.74 bits per heavy atom. The maximum atomic E-state index is 12.7. The second-order valence-corrected chi connectivity index (χ2v) is 6.00. The van der Waals surface area contributed by atoms with Gasteiger partial charge in [0.1, 0.15) is 11.5 Å². The Kier molecular flexibility index (Phi) is 5.07. The lowest BCUT2D eigenvalue weighted by atomic mass is 10.1. The zero-order chi connectivity index (χ0) is 19.6. The molecule has 0 spiro atoms. The number of fused-ring (bicyclic) bond motifs is 1. The van der Waals surface area contributed by atoms with Crippen LogP contribution in [0.4, 0.5) is 11.4 Å². The molecule has 0 aliphatic carbocycles. The molecule has 8 nitrogen and oxygen atoms in total. The Hall–Kier alpha value is -3.42. The van der Waals surface area contributed by atoms with Crippen LogP contribution in [0.3, 0.4) is 0 Å². The lowest BCUT2D eigenvalue weighted by Crippen LogP contribution is -2.47. The number of anilines is 1. The van der Waals surface area contributed by atoms with E-state index in [4.69, 9.17) is 9.47 Å². The second kappa shape index (κ2) is 7.45. The molecular formula is C19H18N2O6. The molecule has 0 N–H and O–H groups in total. The molecule has 140 valence electrons. The summed E-state index contributed by atoms with van der Waals surface area (Å²) in [7, 11) is 1.50. The third kappa shape index (κ3) is 3.59. The molecule has 1 aliphatic heterocycles. The molecule has 0 radical (unpaired) electrons. The van der Waals surface area contributed by atoms with Gasteiger partial charge in [0.2, 0.25) is 0 Å². The number of ether oxygens (including phenoxy) is 2. The first kappa shape index (κ1) is 18.4. The number of nitro groups is 1. The molecular weight excluding hydrogens is 352 g/mol. The summed E-state index contributed by atoms with van der Waals surface area (Å²) in [6.07, 6.45) is -0.323. The Balaban J connectivity index is 1.97. The zero-order valence-corrected chi connectivity index (χ0v) is 14.9. The average molecular weight is 370 g/mol. The van der Waals surface area contributed by atoms with Gasteiger partial charge in [0, 0.05) is 17.7 Å². The molecule has 1 aliphatic rings. The summed E-state index contributed by atoms with van der Waals surface area (Å²) in [6, 6.07) is 10.6. The quantitative estimate of drug-likeness (QED) is 0.440. The number of ketones is 1. The smallest absolute Gasteiger partial charge is 0.271 e. The topological polar surface area (TPSA) is 99.0 Å². The monoisotopic (exact) mass is 370 g/mol. The maximum Gasteiger partial charge on any atom is 0.271 e. The van der Waals surface area contributed by atoms with Gasteiger partial charge in [-0.3, -0.25) is 24.6 Å². The SMILES string of the molecule is CCC1Oc2ccc([N+](=O)[O-])cc2N(CC(=O)c2cccc(OC)c2)C1=O. The number of non-ortho nitro benzene ring substituents is 1. The number of hydrogen-bond acceptors (Lipinski definition) is 6. The molecule has 8 heteroatoms. The normalized spacial score (nSPS) is 15.7. The van der Waals surface area contributed by atoms with Crippen molar-refractivity contribution in [2.45, 2.75) is 19.4 Å². The van der Waals surface area contributed by atoms with Gasteiger partial charge >= 0.3 is 0 Å². The van der Waals surface area contributed by atoms with E-state index >= 15 is 0 Å². The highest BCUT2D eigenvalue weighted by atomic mass is 16.6. The summed E-state index contributed by atoms with van der Waals surface area (Å²) in [6.45, 7) is 1.54. The van der Waals surface area contributed by atoms with Crippen LogP contribution in [0.25, 0.3) is 0 Å². The summed E-state index contributed by atoms with van der Waals surface area (Å²) >= 11 is 0. The van der Waals surface area contributed by atoms with E-state index in [9.17, 15) is 19.7 Å². The van der Waals surface area contributed by atoms with Crippen LogP contribution in [0.15, 0.2) is 42.5 Å². The molecule has 0 saturated carbocycles. The fraction of sp³-hybridized carbons (Fsp3) is 0.263. The van der Waals surface area contributed by atoms with Crippen molar-refractivity contribution in [2.24, 2.45) is 0 Å². The molecule has 1 amide bonds. The largest absolute Gasteiger partial charge is 0.497 e. The lowest BCUT2D eigenvalue weighted by Gasteiger charge is -2.33. The first-order valence-electron chi connectivity index (χ1n) is 8.38. The summed E-state index contributed by atoms with van der Waals surface area (Å²) < 4.78 is 10.8. The Morgan fingerprint density at radius 2 is 2.07 bits per heavy atom. The van der Waals surface area contributed by atoms with Gasteiger partial charge < -0.3 is 9.47 Å². The van der Waals surface area contributed by atoms with Crippen molar-refractivity contribution in [3.05, 3.63) is 58.1 Å². The minimum atomic E-state index is -0.739. The van der Waals surface area contributed by atoms with Crippen molar-refractivity contribution in [1.82, 2.24) is 0 Å². The van der Waals surface area contributed by atoms with Crippen LogP contribution in [-0.4, -0.2) is 36.4 Å². The van der Waals surface area contributed by atoms with Crippen molar-refractivity contribution < 1.29 is 24.0 Å². The summed E-state index contributed by atoms with van der Waals surface area (Å²) in [5.74, 6) is 0.153. The van der Waals surface area contributed by atoms with Crippen molar-refractivity contribution in [2.75, 3.05) is 18.6 Å². The second-order valence-electron chi connectivity index (χ2n) is 6.00. The molecule has 0 aromatic heterocycles. The Morgan fingerprint density at radius 1 is 1.30 bits per heavy atom. The molecule has 27 heavy (non-hydrogen) atoms. The highest BCUT2D eigenvalue weighted by molar-refractivity contribution is 6.08. The predicted octanol–water partition coefficient (Wildman–Crippen LogP) is 2.99. The molecule has 3 rings (SSSR count). The highest BCUT2D eigenvalue weighted by Gasteiger charge is 2.35. The van der Waals surface area contributed by atoms with Crippen molar-refractivity contribution in [3.8, 4) is 11.5 Å². The highest BCUT2D eigenvalue weighted by Crippen LogP contribution is 2.37. The molecule has 0 fully saturated rings. The molecule has 2 aromatic rings.